The highest BCUT2D eigenvalue weighted by Crippen LogP contribution is 2.35. The zero-order valence-corrected chi connectivity index (χ0v) is 13.2. The van der Waals surface area contributed by atoms with Gasteiger partial charge in [-0.25, -0.2) is 4.79 Å². The van der Waals surface area contributed by atoms with E-state index in [0.717, 1.165) is 19.3 Å². The fourth-order valence-electron chi connectivity index (χ4n) is 2.53. The predicted molar refractivity (Wildman–Crippen MR) is 78.1 cm³/mol. The Morgan fingerprint density at radius 3 is 2.32 bits per heavy atom. The van der Waals surface area contributed by atoms with Gasteiger partial charge in [0.25, 0.3) is 0 Å². The van der Waals surface area contributed by atoms with E-state index >= 15 is 0 Å². The van der Waals surface area contributed by atoms with Crippen LogP contribution in [0.25, 0.3) is 0 Å². The third-order valence-corrected chi connectivity index (χ3v) is 3.82. The molecule has 1 fully saturated rings. The monoisotopic (exact) mass is 315 g/mol. The highest BCUT2D eigenvalue weighted by molar-refractivity contribution is 5.76. The molecule has 1 aliphatic carbocycles. The van der Waals surface area contributed by atoms with Crippen molar-refractivity contribution >= 4 is 18.0 Å². The molecule has 7 nitrogen and oxygen atoms in total. The van der Waals surface area contributed by atoms with Crippen LogP contribution in [0.2, 0.25) is 0 Å². The van der Waals surface area contributed by atoms with Gasteiger partial charge in [0.1, 0.15) is 0 Å². The summed E-state index contributed by atoms with van der Waals surface area (Å²) >= 11 is 0. The Morgan fingerprint density at radius 2 is 1.77 bits per heavy atom. The van der Waals surface area contributed by atoms with Crippen molar-refractivity contribution in [1.29, 1.82) is 0 Å². The largest absolute Gasteiger partial charge is 0.481 e. The molecular formula is C15H25NO6. The van der Waals surface area contributed by atoms with Crippen LogP contribution in [0.15, 0.2) is 0 Å². The van der Waals surface area contributed by atoms with Crippen molar-refractivity contribution in [3.05, 3.63) is 0 Å². The van der Waals surface area contributed by atoms with Crippen LogP contribution in [0.4, 0.5) is 4.79 Å². The van der Waals surface area contributed by atoms with Crippen LogP contribution in [0, 0.1) is 11.3 Å². The number of aliphatic carboxylic acids is 1. The minimum absolute atomic E-state index is 0.0289. The first kappa shape index (κ1) is 18.3. The second-order valence-electron chi connectivity index (χ2n) is 6.16. The zero-order valence-electron chi connectivity index (χ0n) is 13.2. The van der Waals surface area contributed by atoms with Crippen LogP contribution in [0.1, 0.15) is 52.4 Å². The number of nitrogens with one attached hydrogen (secondary N) is 1. The molecule has 126 valence electrons. The van der Waals surface area contributed by atoms with E-state index in [1.807, 2.05) is 13.8 Å². The van der Waals surface area contributed by atoms with E-state index in [1.165, 1.54) is 0 Å². The maximum atomic E-state index is 11.5. The molecule has 0 aromatic carbocycles. The fraction of sp³-hybridized carbons (Fsp3) is 0.800. The maximum absolute atomic E-state index is 11.5. The molecular weight excluding hydrogens is 290 g/mol. The lowest BCUT2D eigenvalue weighted by Crippen LogP contribution is -2.44. The van der Waals surface area contributed by atoms with Gasteiger partial charge in [0, 0.05) is 13.0 Å². The number of hydrogen-bond acceptors (Lipinski definition) is 5. The Bertz CT molecular complexity index is 401. The number of carbonyl (C=O) groups excluding carboxylic acids is 2. The number of alkyl carbamates (subject to hydrolysis) is 1. The smallest absolute Gasteiger partial charge is 0.410 e. The summed E-state index contributed by atoms with van der Waals surface area (Å²) in [6, 6.07) is 0. The van der Waals surface area contributed by atoms with Crippen LogP contribution in [-0.4, -0.2) is 36.5 Å². The summed E-state index contributed by atoms with van der Waals surface area (Å²) in [6.07, 6.45) is 3.28. The predicted octanol–water partition coefficient (Wildman–Crippen LogP) is 2.29. The van der Waals surface area contributed by atoms with Gasteiger partial charge in [0.05, 0.1) is 5.41 Å². The van der Waals surface area contributed by atoms with Crippen LogP contribution >= 0.6 is 0 Å². The van der Waals surface area contributed by atoms with Gasteiger partial charge < -0.3 is 19.9 Å². The van der Waals surface area contributed by atoms with Gasteiger partial charge in [-0.2, -0.15) is 0 Å². The van der Waals surface area contributed by atoms with Crippen LogP contribution < -0.4 is 5.32 Å². The number of amides is 1. The van der Waals surface area contributed by atoms with E-state index in [9.17, 15) is 19.5 Å². The van der Waals surface area contributed by atoms with E-state index in [-0.39, 0.29) is 18.9 Å². The van der Waals surface area contributed by atoms with Crippen molar-refractivity contribution in [2.45, 2.75) is 52.4 Å². The maximum Gasteiger partial charge on any atom is 0.410 e. The van der Waals surface area contributed by atoms with Gasteiger partial charge in [0.2, 0.25) is 6.79 Å². The summed E-state index contributed by atoms with van der Waals surface area (Å²) in [5.41, 5.74) is -0.911. The summed E-state index contributed by atoms with van der Waals surface area (Å²) in [5, 5.41) is 11.8. The molecule has 1 saturated carbocycles. The molecule has 1 aliphatic rings. The number of ether oxygens (including phenoxy) is 2. The van der Waals surface area contributed by atoms with Gasteiger partial charge in [-0.3, -0.25) is 9.59 Å². The van der Waals surface area contributed by atoms with Gasteiger partial charge >= 0.3 is 18.0 Å². The number of carboxylic acid groups (broad SMARTS) is 1. The van der Waals surface area contributed by atoms with Crippen LogP contribution in [-0.2, 0) is 19.1 Å². The lowest BCUT2D eigenvalue weighted by Gasteiger charge is -2.32. The first-order chi connectivity index (χ1) is 10.4. The van der Waals surface area contributed by atoms with E-state index in [4.69, 9.17) is 9.47 Å². The van der Waals surface area contributed by atoms with Gasteiger partial charge in [0.15, 0.2) is 0 Å². The van der Waals surface area contributed by atoms with Crippen molar-refractivity contribution in [3.8, 4) is 0 Å². The van der Waals surface area contributed by atoms with E-state index in [1.54, 1.807) is 0 Å². The fourth-order valence-corrected chi connectivity index (χ4v) is 2.53. The Hall–Kier alpha value is -1.79. The van der Waals surface area contributed by atoms with Crippen molar-refractivity contribution in [2.75, 3.05) is 13.3 Å². The van der Waals surface area contributed by atoms with Crippen molar-refractivity contribution in [3.63, 3.8) is 0 Å². The second-order valence-corrected chi connectivity index (χ2v) is 6.16. The molecule has 0 aliphatic heterocycles. The average Bonchev–Trinajstić information content (AvgIpc) is 2.45. The Labute approximate surface area is 130 Å². The normalized spacial score (nSPS) is 16.9. The number of rotatable bonds is 7. The van der Waals surface area contributed by atoms with E-state index in [2.05, 4.69) is 5.32 Å². The third-order valence-electron chi connectivity index (χ3n) is 3.82. The average molecular weight is 315 g/mol. The molecule has 0 spiro atoms. The minimum Gasteiger partial charge on any atom is -0.481 e. The lowest BCUT2D eigenvalue weighted by atomic mass is 9.74. The van der Waals surface area contributed by atoms with Gasteiger partial charge in [-0.1, -0.05) is 33.1 Å². The molecule has 0 unspecified atom stereocenters. The summed E-state index contributed by atoms with van der Waals surface area (Å²) in [5.74, 6) is -1.16. The minimum atomic E-state index is -0.911. The summed E-state index contributed by atoms with van der Waals surface area (Å²) in [4.78, 5) is 34.2. The number of hydrogen-bond donors (Lipinski definition) is 2. The summed E-state index contributed by atoms with van der Waals surface area (Å²) in [6.45, 7) is 3.33. The van der Waals surface area contributed by atoms with E-state index < -0.39 is 30.2 Å². The summed E-state index contributed by atoms with van der Waals surface area (Å²) < 4.78 is 9.47. The molecule has 0 radical (unpaired) electrons. The van der Waals surface area contributed by atoms with Crippen molar-refractivity contribution in [1.82, 2.24) is 5.32 Å². The summed E-state index contributed by atoms with van der Waals surface area (Å²) in [7, 11) is 0. The molecule has 0 aromatic rings. The molecule has 22 heavy (non-hydrogen) atoms. The van der Waals surface area contributed by atoms with Gasteiger partial charge in [-0.15, -0.1) is 0 Å². The Balaban J connectivity index is 2.29. The SMILES string of the molecule is CC(C)CC(=O)OCOC(=O)NCC1(C(=O)O)CCCCC1. The molecule has 0 heterocycles. The van der Waals surface area contributed by atoms with Crippen molar-refractivity contribution < 1.29 is 29.0 Å². The molecule has 0 aromatic heterocycles. The van der Waals surface area contributed by atoms with Crippen molar-refractivity contribution in [2.24, 2.45) is 11.3 Å². The molecule has 0 bridgehead atoms. The number of carboxylic acids is 1. The topological polar surface area (TPSA) is 102 Å². The van der Waals surface area contributed by atoms with Crippen LogP contribution in [0.5, 0.6) is 0 Å². The molecule has 0 saturated heterocycles. The van der Waals surface area contributed by atoms with Crippen LogP contribution in [0.3, 0.4) is 0 Å². The Kier molecular flexibility index (Phi) is 7.14. The first-order valence-electron chi connectivity index (χ1n) is 7.65. The molecule has 7 heteroatoms. The number of carbonyl (C=O) groups is 3. The van der Waals surface area contributed by atoms with E-state index in [0.29, 0.717) is 12.8 Å². The standard InChI is InChI=1S/C15H25NO6/c1-11(2)8-12(17)21-10-22-14(20)16-9-15(13(18)19)6-4-3-5-7-15/h11H,3-10H2,1-2H3,(H,16,20)(H,18,19). The lowest BCUT2D eigenvalue weighted by molar-refractivity contribution is -0.152. The van der Waals surface area contributed by atoms with Gasteiger partial charge in [-0.05, 0) is 18.8 Å². The quantitative estimate of drug-likeness (QED) is 0.552. The third kappa shape index (κ3) is 5.91. The highest BCUT2D eigenvalue weighted by atomic mass is 16.7. The molecule has 0 atom stereocenters. The molecule has 1 amide bonds. The first-order valence-corrected chi connectivity index (χ1v) is 7.65. The highest BCUT2D eigenvalue weighted by Gasteiger charge is 2.39. The Morgan fingerprint density at radius 1 is 1.14 bits per heavy atom. The second kappa shape index (κ2) is 8.60. The molecule has 2 N–H and O–H groups in total. The zero-order chi connectivity index (χ0) is 16.6. The number of esters is 1. The molecule has 1 rings (SSSR count).